The highest BCUT2D eigenvalue weighted by Gasteiger charge is 2.37. The molecule has 10 aromatic rings. The molecule has 2 aliphatic rings. The van der Waals surface area contributed by atoms with Crippen LogP contribution in [-0.2, 0) is 5.41 Å². The summed E-state index contributed by atoms with van der Waals surface area (Å²) in [4.78, 5) is 2.44. The Labute approximate surface area is 331 Å². The van der Waals surface area contributed by atoms with Crippen molar-refractivity contribution in [1.29, 1.82) is 0 Å². The van der Waals surface area contributed by atoms with Crippen molar-refractivity contribution in [3.8, 4) is 55.6 Å². The molecular weight excluding hydrogens is 691 g/mol. The molecule has 57 heavy (non-hydrogen) atoms. The van der Waals surface area contributed by atoms with Gasteiger partial charge in [0.25, 0.3) is 0 Å². The summed E-state index contributed by atoms with van der Waals surface area (Å²) in [5.41, 5.74) is 20.2. The number of anilines is 3. The molecule has 9 aromatic carbocycles. The smallest absolute Gasteiger partial charge is 0.143 e. The van der Waals surface area contributed by atoms with Crippen molar-refractivity contribution < 1.29 is 4.42 Å². The topological polar surface area (TPSA) is 16.4 Å². The van der Waals surface area contributed by atoms with Gasteiger partial charge in [0.05, 0.1) is 5.69 Å². The van der Waals surface area contributed by atoms with Gasteiger partial charge in [-0.2, -0.15) is 0 Å². The number of nitrogens with zero attached hydrogens (tertiary/aromatic N) is 1. The highest BCUT2D eigenvalue weighted by molar-refractivity contribution is 6.16. The van der Waals surface area contributed by atoms with Gasteiger partial charge in [-0.3, -0.25) is 0 Å². The Morgan fingerprint density at radius 2 is 1.07 bits per heavy atom. The van der Waals surface area contributed by atoms with Crippen LogP contribution in [0.2, 0.25) is 0 Å². The molecule has 0 atom stereocenters. The standard InChI is InChI=1S/C55H37NO/c1-55(2)48-21-7-6-16-45(48)53-49(55)22-11-23-50(53)56(38-27-24-35(25-28-38)34-12-4-3-5-13-34)39-29-31-51-47(33-39)44-20-10-17-40(54(44)57-51)37-26-30-41-42-18-8-14-36-15-9-19-43(52(36)42)46(41)32-37/h3-33H,1-2H3. The van der Waals surface area contributed by atoms with Crippen molar-refractivity contribution in [3.05, 3.63) is 199 Å². The number of rotatable bonds is 5. The lowest BCUT2D eigenvalue weighted by Crippen LogP contribution is -2.16. The SMILES string of the molecule is CC1(C)c2ccccc2-c2c(N(c3ccc(-c4ccccc4)cc3)c3ccc4oc5c(-c6ccc7c(c6)-c6cccc8cccc-7c68)cccc5c4c3)cccc21. The Morgan fingerprint density at radius 1 is 0.421 bits per heavy atom. The number of furan rings is 1. The fraction of sp³-hybridized carbons (Fsp3) is 0.0545. The second-order valence-electron chi connectivity index (χ2n) is 16.1. The monoisotopic (exact) mass is 727 g/mol. The molecule has 0 unspecified atom stereocenters. The molecule has 2 heteroatoms. The minimum absolute atomic E-state index is 0.112. The molecule has 0 aliphatic heterocycles. The summed E-state index contributed by atoms with van der Waals surface area (Å²) in [5.74, 6) is 0. The van der Waals surface area contributed by atoms with Crippen molar-refractivity contribution in [1.82, 2.24) is 0 Å². The second kappa shape index (κ2) is 11.9. The lowest BCUT2D eigenvalue weighted by atomic mass is 9.82. The molecule has 0 fully saturated rings. The van der Waals surface area contributed by atoms with E-state index in [4.69, 9.17) is 4.42 Å². The van der Waals surface area contributed by atoms with E-state index < -0.39 is 0 Å². The molecule has 12 rings (SSSR count). The molecule has 2 aliphatic carbocycles. The van der Waals surface area contributed by atoms with Crippen molar-refractivity contribution in [2.45, 2.75) is 19.3 Å². The number of fused-ring (bicyclic) bond motifs is 9. The molecule has 0 N–H and O–H groups in total. The van der Waals surface area contributed by atoms with Crippen molar-refractivity contribution in [3.63, 3.8) is 0 Å². The molecule has 0 bridgehead atoms. The maximum Gasteiger partial charge on any atom is 0.143 e. The van der Waals surface area contributed by atoms with E-state index in [1.807, 2.05) is 0 Å². The molecular formula is C55H37NO. The van der Waals surface area contributed by atoms with E-state index in [0.29, 0.717) is 0 Å². The zero-order valence-electron chi connectivity index (χ0n) is 31.8. The zero-order valence-corrected chi connectivity index (χ0v) is 31.8. The first-order valence-corrected chi connectivity index (χ1v) is 19.8. The van der Waals surface area contributed by atoms with E-state index in [1.54, 1.807) is 0 Å². The molecule has 1 aromatic heterocycles. The van der Waals surface area contributed by atoms with Crippen LogP contribution in [-0.4, -0.2) is 0 Å². The van der Waals surface area contributed by atoms with Crippen molar-refractivity contribution in [2.24, 2.45) is 0 Å². The minimum atomic E-state index is -0.112. The van der Waals surface area contributed by atoms with Crippen molar-refractivity contribution in [2.75, 3.05) is 4.90 Å². The molecule has 0 radical (unpaired) electrons. The fourth-order valence-electron chi connectivity index (χ4n) is 9.89. The van der Waals surface area contributed by atoms with E-state index in [0.717, 1.165) is 44.4 Å². The van der Waals surface area contributed by atoms with E-state index in [2.05, 4.69) is 207 Å². The van der Waals surface area contributed by atoms with Crippen LogP contribution in [0.3, 0.4) is 0 Å². The predicted molar refractivity (Wildman–Crippen MR) is 239 cm³/mol. The van der Waals surface area contributed by atoms with Crippen LogP contribution in [0.5, 0.6) is 0 Å². The summed E-state index contributed by atoms with van der Waals surface area (Å²) in [7, 11) is 0. The highest BCUT2D eigenvalue weighted by atomic mass is 16.3. The Bertz CT molecular complexity index is 3250. The van der Waals surface area contributed by atoms with Gasteiger partial charge in [0.15, 0.2) is 0 Å². The summed E-state index contributed by atoms with van der Waals surface area (Å²) in [6.45, 7) is 4.70. The Hall–Kier alpha value is -7.16. The third-order valence-corrected chi connectivity index (χ3v) is 12.6. The zero-order chi connectivity index (χ0) is 37.8. The Morgan fingerprint density at radius 3 is 1.91 bits per heavy atom. The predicted octanol–water partition coefficient (Wildman–Crippen LogP) is 15.5. The lowest BCUT2D eigenvalue weighted by molar-refractivity contribution is 0.660. The van der Waals surface area contributed by atoms with E-state index in [9.17, 15) is 0 Å². The Kier molecular flexibility index (Phi) is 6.72. The second-order valence-corrected chi connectivity index (χ2v) is 16.1. The summed E-state index contributed by atoms with van der Waals surface area (Å²) >= 11 is 0. The van der Waals surface area contributed by atoms with Gasteiger partial charge in [-0.25, -0.2) is 0 Å². The van der Waals surface area contributed by atoms with Crippen LogP contribution >= 0.6 is 0 Å². The van der Waals surface area contributed by atoms with E-state index in [1.165, 1.54) is 72.1 Å². The molecule has 0 spiro atoms. The summed E-state index contributed by atoms with van der Waals surface area (Å²) in [6, 6.07) is 68.8. The summed E-state index contributed by atoms with van der Waals surface area (Å²) in [6.07, 6.45) is 0. The lowest BCUT2D eigenvalue weighted by Gasteiger charge is -2.29. The van der Waals surface area contributed by atoms with Gasteiger partial charge in [-0.15, -0.1) is 0 Å². The molecule has 268 valence electrons. The van der Waals surface area contributed by atoms with Gasteiger partial charge in [0.1, 0.15) is 11.2 Å². The third-order valence-electron chi connectivity index (χ3n) is 12.6. The molecule has 1 heterocycles. The molecule has 2 nitrogen and oxygen atoms in total. The summed E-state index contributed by atoms with van der Waals surface area (Å²) in [5, 5.41) is 4.84. The van der Waals surface area contributed by atoms with Crippen LogP contribution < -0.4 is 4.90 Å². The minimum Gasteiger partial charge on any atom is -0.455 e. The first-order valence-electron chi connectivity index (χ1n) is 19.8. The van der Waals surface area contributed by atoms with Gasteiger partial charge in [0.2, 0.25) is 0 Å². The summed E-state index contributed by atoms with van der Waals surface area (Å²) < 4.78 is 6.82. The largest absolute Gasteiger partial charge is 0.455 e. The van der Waals surface area contributed by atoms with Crippen LogP contribution in [0.1, 0.15) is 25.0 Å². The molecule has 0 amide bonds. The average molecular weight is 728 g/mol. The molecule has 0 saturated carbocycles. The normalized spacial score (nSPS) is 13.2. The first kappa shape index (κ1) is 32.1. The van der Waals surface area contributed by atoms with Gasteiger partial charge in [-0.05, 0) is 109 Å². The van der Waals surface area contributed by atoms with Crippen LogP contribution in [0.25, 0.3) is 88.3 Å². The van der Waals surface area contributed by atoms with Gasteiger partial charge >= 0.3 is 0 Å². The molecule has 0 saturated heterocycles. The number of hydrogen-bond acceptors (Lipinski definition) is 2. The van der Waals surface area contributed by atoms with Gasteiger partial charge in [0, 0.05) is 38.7 Å². The number of hydrogen-bond donors (Lipinski definition) is 0. The van der Waals surface area contributed by atoms with Crippen LogP contribution in [0, 0.1) is 0 Å². The Balaban J connectivity index is 1.03. The van der Waals surface area contributed by atoms with Crippen LogP contribution in [0.15, 0.2) is 192 Å². The first-order chi connectivity index (χ1) is 28.0. The quantitative estimate of drug-likeness (QED) is 0.175. The van der Waals surface area contributed by atoms with Gasteiger partial charge < -0.3 is 9.32 Å². The van der Waals surface area contributed by atoms with Crippen LogP contribution in [0.4, 0.5) is 17.1 Å². The number of benzene rings is 9. The maximum atomic E-state index is 6.82. The van der Waals surface area contributed by atoms with Crippen molar-refractivity contribution >= 4 is 49.8 Å². The number of para-hydroxylation sites is 1. The highest BCUT2D eigenvalue weighted by Crippen LogP contribution is 2.55. The van der Waals surface area contributed by atoms with Gasteiger partial charge in [-0.1, -0.05) is 159 Å². The third kappa shape index (κ3) is 4.65. The maximum absolute atomic E-state index is 6.82. The van der Waals surface area contributed by atoms with E-state index in [-0.39, 0.29) is 5.41 Å². The van der Waals surface area contributed by atoms with E-state index >= 15 is 0 Å². The average Bonchev–Trinajstić information content (AvgIpc) is 3.88. The fourth-order valence-corrected chi connectivity index (χ4v) is 9.89.